The summed E-state index contributed by atoms with van der Waals surface area (Å²) in [5.74, 6) is -0.252. The molecule has 2 aromatic rings. The van der Waals surface area contributed by atoms with Crippen molar-refractivity contribution >= 4 is 17.3 Å². The molecule has 0 fully saturated rings. The molecule has 0 N–H and O–H groups in total. The number of furan rings is 1. The Morgan fingerprint density at radius 1 is 1.14 bits per heavy atom. The molecule has 1 aromatic heterocycles. The van der Waals surface area contributed by atoms with Gasteiger partial charge < -0.3 is 9.15 Å². The van der Waals surface area contributed by atoms with Crippen LogP contribution in [0.15, 0.2) is 34.7 Å². The second kappa shape index (κ2) is 6.04. The van der Waals surface area contributed by atoms with Crippen LogP contribution in [0.1, 0.15) is 21.9 Å². The van der Waals surface area contributed by atoms with Crippen LogP contribution >= 0.6 is 0 Å². The van der Waals surface area contributed by atoms with Crippen LogP contribution < -0.4 is 0 Å². The summed E-state index contributed by atoms with van der Waals surface area (Å²) in [6.45, 7) is 1.31. The number of carbonyl (C=O) groups excluding carboxylic acids is 1. The van der Waals surface area contributed by atoms with Crippen molar-refractivity contribution in [2.24, 2.45) is 0 Å². The summed E-state index contributed by atoms with van der Waals surface area (Å²) < 4.78 is 9.99. The topological polar surface area (TPSA) is 126 Å². The first-order chi connectivity index (χ1) is 10.4. The molecule has 114 valence electrons. The van der Waals surface area contributed by atoms with Crippen molar-refractivity contribution < 1.29 is 23.8 Å². The van der Waals surface area contributed by atoms with Gasteiger partial charge in [-0.2, -0.15) is 0 Å². The summed E-state index contributed by atoms with van der Waals surface area (Å²) in [5, 5.41) is 21.5. The smallest absolute Gasteiger partial charge is 0.374 e. The number of nitrogens with zero attached hydrogens (tertiary/aromatic N) is 2. The van der Waals surface area contributed by atoms with Gasteiger partial charge in [0, 0.05) is 17.7 Å². The van der Waals surface area contributed by atoms with Gasteiger partial charge in [-0.15, -0.1) is 0 Å². The second-order valence-corrected chi connectivity index (χ2v) is 4.36. The lowest BCUT2D eigenvalue weighted by Crippen LogP contribution is -2.05. The number of hydrogen-bond donors (Lipinski definition) is 0. The molecule has 0 bridgehead atoms. The molecular weight excluding hydrogens is 296 g/mol. The molecule has 0 aliphatic carbocycles. The van der Waals surface area contributed by atoms with Gasteiger partial charge >= 0.3 is 5.97 Å². The fourth-order valence-corrected chi connectivity index (χ4v) is 1.71. The van der Waals surface area contributed by atoms with Crippen molar-refractivity contribution in [3.05, 3.63) is 67.6 Å². The Bertz CT molecular complexity index is 718. The second-order valence-electron chi connectivity index (χ2n) is 4.36. The van der Waals surface area contributed by atoms with Crippen LogP contribution in [0, 0.1) is 27.2 Å². The summed E-state index contributed by atoms with van der Waals surface area (Å²) in [7, 11) is 0. The van der Waals surface area contributed by atoms with Gasteiger partial charge in [0.1, 0.15) is 12.4 Å². The third-order valence-electron chi connectivity index (χ3n) is 2.70. The Morgan fingerprint density at radius 2 is 1.73 bits per heavy atom. The minimum Gasteiger partial charge on any atom is -0.455 e. The average molecular weight is 306 g/mol. The van der Waals surface area contributed by atoms with Crippen molar-refractivity contribution in [1.82, 2.24) is 0 Å². The highest BCUT2D eigenvalue weighted by Gasteiger charge is 2.18. The van der Waals surface area contributed by atoms with Crippen molar-refractivity contribution in [3.8, 4) is 0 Å². The van der Waals surface area contributed by atoms with E-state index in [0.717, 1.165) is 18.2 Å². The number of ether oxygens (including phenoxy) is 1. The van der Waals surface area contributed by atoms with Crippen LogP contribution in [0.5, 0.6) is 0 Å². The lowest BCUT2D eigenvalue weighted by molar-refractivity contribution is -0.394. The summed E-state index contributed by atoms with van der Waals surface area (Å²) in [4.78, 5) is 31.7. The van der Waals surface area contributed by atoms with E-state index in [2.05, 4.69) is 0 Å². The molecule has 0 aliphatic heterocycles. The highest BCUT2D eigenvalue weighted by Crippen LogP contribution is 2.23. The molecule has 2 rings (SSSR count). The number of rotatable bonds is 5. The van der Waals surface area contributed by atoms with Crippen LogP contribution in [-0.2, 0) is 11.3 Å². The molecule has 0 radical (unpaired) electrons. The van der Waals surface area contributed by atoms with Crippen LogP contribution in [0.25, 0.3) is 0 Å². The van der Waals surface area contributed by atoms with Crippen LogP contribution in [0.4, 0.5) is 11.4 Å². The van der Waals surface area contributed by atoms with Gasteiger partial charge in [0.25, 0.3) is 11.4 Å². The van der Waals surface area contributed by atoms with Gasteiger partial charge in [0.05, 0.1) is 15.9 Å². The molecule has 0 aliphatic rings. The Kier molecular flexibility index (Phi) is 4.16. The van der Waals surface area contributed by atoms with Gasteiger partial charge in [-0.1, -0.05) is 0 Å². The number of benzene rings is 1. The minimum atomic E-state index is -0.762. The average Bonchev–Trinajstić information content (AvgIpc) is 2.91. The number of hydrogen-bond acceptors (Lipinski definition) is 7. The lowest BCUT2D eigenvalue weighted by Gasteiger charge is -2.03. The number of carbonyl (C=O) groups is 1. The van der Waals surface area contributed by atoms with Gasteiger partial charge in [-0.05, 0) is 19.1 Å². The SMILES string of the molecule is Cc1ccc(C(=O)OCc2cc([N+](=O)[O-])cc([N+](=O)[O-])c2)o1. The monoisotopic (exact) mass is 306 g/mol. The molecule has 1 aromatic carbocycles. The first kappa shape index (κ1) is 15.2. The Labute approximate surface area is 123 Å². The molecule has 0 unspecified atom stereocenters. The molecule has 0 saturated heterocycles. The quantitative estimate of drug-likeness (QED) is 0.472. The predicted octanol–water partition coefficient (Wildman–Crippen LogP) is 2.76. The highest BCUT2D eigenvalue weighted by molar-refractivity contribution is 5.86. The third kappa shape index (κ3) is 3.45. The fraction of sp³-hybridized carbons (Fsp3) is 0.154. The van der Waals surface area contributed by atoms with E-state index in [9.17, 15) is 25.0 Å². The van der Waals surface area contributed by atoms with E-state index in [1.807, 2.05) is 0 Å². The number of aryl methyl sites for hydroxylation is 1. The summed E-state index contributed by atoms with van der Waals surface area (Å²) in [6, 6.07) is 6.05. The molecule has 0 spiro atoms. The number of nitro benzene ring substituents is 2. The van der Waals surface area contributed by atoms with E-state index < -0.39 is 27.2 Å². The van der Waals surface area contributed by atoms with Crippen molar-refractivity contribution in [3.63, 3.8) is 0 Å². The summed E-state index contributed by atoms with van der Waals surface area (Å²) in [6.07, 6.45) is 0. The molecule has 0 amide bonds. The molecule has 9 nitrogen and oxygen atoms in total. The fourth-order valence-electron chi connectivity index (χ4n) is 1.71. The zero-order chi connectivity index (χ0) is 16.3. The Morgan fingerprint density at radius 3 is 2.18 bits per heavy atom. The molecule has 22 heavy (non-hydrogen) atoms. The Balaban J connectivity index is 2.16. The maximum atomic E-state index is 11.7. The predicted molar refractivity (Wildman–Crippen MR) is 72.3 cm³/mol. The van der Waals surface area contributed by atoms with Crippen LogP contribution in [0.2, 0.25) is 0 Å². The van der Waals surface area contributed by atoms with E-state index in [0.29, 0.717) is 5.76 Å². The molecule has 0 atom stereocenters. The third-order valence-corrected chi connectivity index (χ3v) is 2.70. The number of esters is 1. The first-order valence-corrected chi connectivity index (χ1v) is 6.03. The Hall–Kier alpha value is -3.23. The molecule has 9 heteroatoms. The van der Waals surface area contributed by atoms with E-state index in [1.54, 1.807) is 13.0 Å². The lowest BCUT2D eigenvalue weighted by atomic mass is 10.2. The first-order valence-electron chi connectivity index (χ1n) is 6.03. The number of non-ortho nitro benzene ring substituents is 2. The van der Waals surface area contributed by atoms with Crippen molar-refractivity contribution in [2.75, 3.05) is 0 Å². The van der Waals surface area contributed by atoms with Crippen molar-refractivity contribution in [1.29, 1.82) is 0 Å². The van der Waals surface area contributed by atoms with E-state index >= 15 is 0 Å². The zero-order valence-corrected chi connectivity index (χ0v) is 11.3. The molecule has 1 heterocycles. The van der Waals surface area contributed by atoms with Gasteiger partial charge in [0.15, 0.2) is 0 Å². The van der Waals surface area contributed by atoms with Crippen LogP contribution in [0.3, 0.4) is 0 Å². The largest absolute Gasteiger partial charge is 0.455 e. The van der Waals surface area contributed by atoms with E-state index in [-0.39, 0.29) is 17.9 Å². The summed E-state index contributed by atoms with van der Waals surface area (Å²) >= 11 is 0. The highest BCUT2D eigenvalue weighted by atomic mass is 16.6. The van der Waals surface area contributed by atoms with Crippen LogP contribution in [-0.4, -0.2) is 15.8 Å². The van der Waals surface area contributed by atoms with Gasteiger partial charge in [0.2, 0.25) is 5.76 Å². The van der Waals surface area contributed by atoms with E-state index in [1.165, 1.54) is 6.07 Å². The summed E-state index contributed by atoms with van der Waals surface area (Å²) in [5.41, 5.74) is -0.763. The normalized spacial score (nSPS) is 10.2. The minimum absolute atomic E-state index is 0.0163. The maximum absolute atomic E-state index is 11.7. The molecular formula is C13H10N2O7. The molecule has 0 saturated carbocycles. The maximum Gasteiger partial charge on any atom is 0.374 e. The van der Waals surface area contributed by atoms with Gasteiger partial charge in [-0.25, -0.2) is 4.79 Å². The van der Waals surface area contributed by atoms with Gasteiger partial charge in [-0.3, -0.25) is 20.2 Å². The standard InChI is InChI=1S/C13H10N2O7/c1-8-2-3-12(22-8)13(16)21-7-9-4-10(14(17)18)6-11(5-9)15(19)20/h2-6H,7H2,1H3. The van der Waals surface area contributed by atoms with Crippen molar-refractivity contribution in [2.45, 2.75) is 13.5 Å². The van der Waals surface area contributed by atoms with E-state index in [4.69, 9.17) is 9.15 Å². The zero-order valence-electron chi connectivity index (χ0n) is 11.3. The number of nitro groups is 2.